The maximum atomic E-state index is 12.7. The number of amides is 1. The predicted molar refractivity (Wildman–Crippen MR) is 105 cm³/mol. The van der Waals surface area contributed by atoms with Gasteiger partial charge in [0.1, 0.15) is 5.69 Å². The first-order chi connectivity index (χ1) is 12.5. The molecule has 134 valence electrons. The van der Waals surface area contributed by atoms with Crippen molar-refractivity contribution in [3.63, 3.8) is 0 Å². The molecule has 1 fully saturated rings. The third-order valence-corrected chi connectivity index (χ3v) is 4.94. The first kappa shape index (κ1) is 18.1. The van der Waals surface area contributed by atoms with Gasteiger partial charge in [0.2, 0.25) is 5.91 Å². The number of likely N-dealkylation sites (N-methyl/N-ethyl adjacent to an activating group) is 1. The Morgan fingerprint density at radius 3 is 2.62 bits per heavy atom. The van der Waals surface area contributed by atoms with E-state index in [-0.39, 0.29) is 11.8 Å². The van der Waals surface area contributed by atoms with E-state index in [0.29, 0.717) is 28.9 Å². The van der Waals surface area contributed by atoms with Gasteiger partial charge in [0.25, 0.3) is 5.91 Å². The van der Waals surface area contributed by atoms with Gasteiger partial charge in [-0.25, -0.2) is 4.68 Å². The molecule has 1 aliphatic rings. The molecule has 0 bridgehead atoms. The number of aromatic nitrogens is 2. The molecule has 0 unspecified atom stereocenters. The molecule has 2 aromatic rings. The lowest BCUT2D eigenvalue weighted by Crippen LogP contribution is -2.28. The summed E-state index contributed by atoms with van der Waals surface area (Å²) in [4.78, 5) is 31.1. The topological polar surface area (TPSA) is 67.6 Å². The van der Waals surface area contributed by atoms with Gasteiger partial charge < -0.3 is 0 Å². The van der Waals surface area contributed by atoms with Crippen LogP contribution < -0.4 is 0 Å². The molecule has 0 aliphatic carbocycles. The molecule has 6 nitrogen and oxygen atoms in total. The maximum Gasteiger partial charge on any atom is 0.266 e. The Hall–Kier alpha value is -2.67. The van der Waals surface area contributed by atoms with E-state index in [4.69, 9.17) is 0 Å². The molecule has 1 amide bonds. The molecule has 0 atom stereocenters. The van der Waals surface area contributed by atoms with Crippen molar-refractivity contribution < 1.29 is 9.59 Å². The quantitative estimate of drug-likeness (QED) is 0.775. The Labute approximate surface area is 156 Å². The molecule has 7 heteroatoms. The zero-order chi connectivity index (χ0) is 18.7. The second kappa shape index (κ2) is 7.70. The average Bonchev–Trinajstić information content (AvgIpc) is 3.18. The lowest BCUT2D eigenvalue weighted by atomic mass is 10.1. The highest BCUT2D eigenvalue weighted by Crippen LogP contribution is 2.34. The van der Waals surface area contributed by atoms with Gasteiger partial charge in [0.15, 0.2) is 5.17 Å². The van der Waals surface area contributed by atoms with Crippen molar-refractivity contribution in [2.24, 2.45) is 4.99 Å². The minimum atomic E-state index is -0.180. The summed E-state index contributed by atoms with van der Waals surface area (Å²) in [5, 5.41) is 5.11. The van der Waals surface area contributed by atoms with Crippen molar-refractivity contribution in [3.05, 3.63) is 47.0 Å². The van der Waals surface area contributed by atoms with Crippen LogP contribution in [0.5, 0.6) is 0 Å². The van der Waals surface area contributed by atoms with Gasteiger partial charge in [-0.05, 0) is 31.7 Å². The van der Waals surface area contributed by atoms with Crippen LogP contribution in [0, 0.1) is 0 Å². The molecule has 1 saturated heterocycles. The lowest BCUT2D eigenvalue weighted by Gasteiger charge is -2.11. The number of nitrogens with zero attached hydrogens (tertiary/aromatic N) is 4. The van der Waals surface area contributed by atoms with Gasteiger partial charge in [-0.15, -0.1) is 0 Å². The number of aliphatic imine (C=N–C) groups is 1. The predicted octanol–water partition coefficient (Wildman–Crippen LogP) is 3.52. The summed E-state index contributed by atoms with van der Waals surface area (Å²) >= 11 is 1.36. The van der Waals surface area contributed by atoms with Crippen LogP contribution in [-0.4, -0.2) is 44.8 Å². The molecule has 0 spiro atoms. The Morgan fingerprint density at radius 1 is 1.27 bits per heavy atom. The van der Waals surface area contributed by atoms with Crippen LogP contribution in [0.3, 0.4) is 0 Å². The van der Waals surface area contributed by atoms with E-state index in [9.17, 15) is 9.59 Å². The van der Waals surface area contributed by atoms with Crippen molar-refractivity contribution in [2.75, 3.05) is 13.1 Å². The number of carbonyl (C=O) groups excluding carboxylic acids is 2. The van der Waals surface area contributed by atoms with E-state index in [1.54, 1.807) is 17.2 Å². The second-order valence-corrected chi connectivity index (χ2v) is 6.69. The fraction of sp³-hybridized carbons (Fsp3) is 0.263. The van der Waals surface area contributed by atoms with Crippen LogP contribution in [-0.2, 0) is 4.79 Å². The molecule has 0 radical (unpaired) electrons. The summed E-state index contributed by atoms with van der Waals surface area (Å²) in [6.07, 6.45) is 3.46. The summed E-state index contributed by atoms with van der Waals surface area (Å²) in [5.74, 6) is -0.250. The monoisotopic (exact) mass is 368 g/mol. The molecule has 26 heavy (non-hydrogen) atoms. The zero-order valence-corrected chi connectivity index (χ0v) is 15.8. The highest BCUT2D eigenvalue weighted by Gasteiger charge is 2.32. The van der Waals surface area contributed by atoms with Gasteiger partial charge >= 0.3 is 0 Å². The van der Waals surface area contributed by atoms with Crippen molar-refractivity contribution >= 4 is 34.8 Å². The minimum Gasteiger partial charge on any atom is -0.287 e. The third kappa shape index (κ3) is 3.48. The number of benzene rings is 1. The molecule has 0 N–H and O–H groups in total. The van der Waals surface area contributed by atoms with E-state index < -0.39 is 0 Å². The van der Waals surface area contributed by atoms with Crippen molar-refractivity contribution in [3.8, 4) is 11.3 Å². The van der Waals surface area contributed by atoms with Crippen molar-refractivity contribution in [1.29, 1.82) is 0 Å². The van der Waals surface area contributed by atoms with Gasteiger partial charge in [-0.1, -0.05) is 30.3 Å². The average molecular weight is 368 g/mol. The van der Waals surface area contributed by atoms with Crippen LogP contribution in [0.4, 0.5) is 0 Å². The summed E-state index contributed by atoms with van der Waals surface area (Å²) in [5.41, 5.74) is 2.30. The standard InChI is InChI=1S/C19H20N4O2S/c1-4-20-19-22(5-2)18(25)16(26-19)11-15-12-23(13(3)24)21-17(15)14-9-7-6-8-10-14/h6-12H,4-5H2,1-3H3. The molecule has 1 aliphatic heterocycles. The number of hydrogen-bond acceptors (Lipinski definition) is 5. The van der Waals surface area contributed by atoms with E-state index in [2.05, 4.69) is 10.1 Å². The molecule has 2 heterocycles. The van der Waals surface area contributed by atoms with E-state index in [1.807, 2.05) is 44.2 Å². The SMILES string of the molecule is CCN=C1SC(=Cc2cn(C(C)=O)nc2-c2ccccc2)C(=O)N1CC. The van der Waals surface area contributed by atoms with Crippen LogP contribution in [0.2, 0.25) is 0 Å². The molecule has 0 saturated carbocycles. The molecule has 3 rings (SSSR count). The highest BCUT2D eigenvalue weighted by molar-refractivity contribution is 8.18. The van der Waals surface area contributed by atoms with Crippen molar-refractivity contribution in [2.45, 2.75) is 20.8 Å². The fourth-order valence-electron chi connectivity index (χ4n) is 2.66. The smallest absolute Gasteiger partial charge is 0.266 e. The van der Waals surface area contributed by atoms with E-state index >= 15 is 0 Å². The van der Waals surface area contributed by atoms with Crippen LogP contribution in [0.25, 0.3) is 17.3 Å². The Kier molecular flexibility index (Phi) is 5.37. The number of thioether (sulfide) groups is 1. The number of amidine groups is 1. The third-order valence-electron chi connectivity index (χ3n) is 3.90. The Balaban J connectivity index is 2.07. The Bertz CT molecular complexity index is 900. The molecular formula is C19H20N4O2S. The fourth-order valence-corrected chi connectivity index (χ4v) is 3.75. The molecule has 1 aromatic heterocycles. The first-order valence-electron chi connectivity index (χ1n) is 8.47. The zero-order valence-electron chi connectivity index (χ0n) is 15.0. The normalized spacial score (nSPS) is 17.5. The first-order valence-corrected chi connectivity index (χ1v) is 9.28. The minimum absolute atomic E-state index is 0.0701. The number of carbonyl (C=O) groups is 2. The maximum absolute atomic E-state index is 12.7. The Morgan fingerprint density at radius 2 is 2.00 bits per heavy atom. The largest absolute Gasteiger partial charge is 0.287 e. The van der Waals surface area contributed by atoms with Gasteiger partial charge in [0, 0.05) is 37.3 Å². The second-order valence-electron chi connectivity index (χ2n) is 5.68. The summed E-state index contributed by atoms with van der Waals surface area (Å²) in [6.45, 7) is 6.52. The van der Waals surface area contributed by atoms with Gasteiger partial charge in [0.05, 0.1) is 4.91 Å². The van der Waals surface area contributed by atoms with Gasteiger partial charge in [-0.2, -0.15) is 5.10 Å². The number of rotatable bonds is 4. The van der Waals surface area contributed by atoms with Gasteiger partial charge in [-0.3, -0.25) is 19.5 Å². The molecular weight excluding hydrogens is 348 g/mol. The van der Waals surface area contributed by atoms with Crippen molar-refractivity contribution in [1.82, 2.24) is 14.7 Å². The van der Waals surface area contributed by atoms with Crippen LogP contribution in [0.15, 0.2) is 46.4 Å². The highest BCUT2D eigenvalue weighted by atomic mass is 32.2. The summed E-state index contributed by atoms with van der Waals surface area (Å²) < 4.78 is 1.30. The van der Waals surface area contributed by atoms with E-state index in [0.717, 1.165) is 11.1 Å². The lowest BCUT2D eigenvalue weighted by molar-refractivity contribution is -0.122. The van der Waals surface area contributed by atoms with E-state index in [1.165, 1.54) is 23.4 Å². The summed E-state index contributed by atoms with van der Waals surface area (Å²) in [7, 11) is 0. The van der Waals surface area contributed by atoms with Crippen LogP contribution >= 0.6 is 11.8 Å². The molecule has 1 aromatic carbocycles. The summed E-state index contributed by atoms with van der Waals surface area (Å²) in [6, 6.07) is 9.62. The number of hydrogen-bond donors (Lipinski definition) is 0. The van der Waals surface area contributed by atoms with Crippen LogP contribution in [0.1, 0.15) is 31.1 Å².